The van der Waals surface area contributed by atoms with E-state index in [4.69, 9.17) is 4.74 Å². The third-order valence-electron chi connectivity index (χ3n) is 4.30. The van der Waals surface area contributed by atoms with Gasteiger partial charge in [-0.1, -0.05) is 12.1 Å². The van der Waals surface area contributed by atoms with Gasteiger partial charge in [0, 0.05) is 25.6 Å². The van der Waals surface area contributed by atoms with Gasteiger partial charge in [-0.15, -0.1) is 0 Å². The lowest BCUT2D eigenvalue weighted by molar-refractivity contribution is 0.208. The van der Waals surface area contributed by atoms with Crippen LogP contribution in [0.15, 0.2) is 24.3 Å². The lowest BCUT2D eigenvalue weighted by Crippen LogP contribution is -2.39. The van der Waals surface area contributed by atoms with Crippen molar-refractivity contribution in [2.24, 2.45) is 5.92 Å². The van der Waals surface area contributed by atoms with Crippen LogP contribution in [0.3, 0.4) is 0 Å². The number of rotatable bonds is 4. The van der Waals surface area contributed by atoms with Gasteiger partial charge in [-0.25, -0.2) is 4.79 Å². The number of hydrogen-bond acceptors (Lipinski definition) is 2. The average molecular weight is 274 g/mol. The molecule has 1 saturated carbocycles. The average Bonchev–Trinajstić information content (AvgIpc) is 3.19. The topological polar surface area (TPSA) is 41.6 Å². The van der Waals surface area contributed by atoms with E-state index >= 15 is 0 Å². The maximum Gasteiger partial charge on any atom is 0.317 e. The van der Waals surface area contributed by atoms with Gasteiger partial charge in [0.1, 0.15) is 5.75 Å². The summed E-state index contributed by atoms with van der Waals surface area (Å²) in [5.41, 5.74) is 1.29. The van der Waals surface area contributed by atoms with Crippen LogP contribution in [0.1, 0.15) is 30.7 Å². The number of hydrogen-bond donors (Lipinski definition) is 1. The summed E-state index contributed by atoms with van der Waals surface area (Å²) in [5, 5.41) is 3.04. The Hall–Kier alpha value is -1.71. The van der Waals surface area contributed by atoms with Gasteiger partial charge in [0.25, 0.3) is 0 Å². The first-order valence-electron chi connectivity index (χ1n) is 7.43. The zero-order valence-electron chi connectivity index (χ0n) is 12.0. The maximum atomic E-state index is 12.0. The highest BCUT2D eigenvalue weighted by Gasteiger charge is 2.28. The molecule has 1 aliphatic carbocycles. The molecule has 1 unspecified atom stereocenters. The van der Waals surface area contributed by atoms with Gasteiger partial charge >= 0.3 is 6.03 Å². The van der Waals surface area contributed by atoms with E-state index in [0.717, 1.165) is 37.7 Å². The number of nitrogens with one attached hydrogen (secondary N) is 1. The van der Waals surface area contributed by atoms with Crippen LogP contribution in [-0.2, 0) is 0 Å². The minimum atomic E-state index is 0.105. The molecule has 4 nitrogen and oxygen atoms in total. The summed E-state index contributed by atoms with van der Waals surface area (Å²) in [7, 11) is 1.68. The zero-order valence-corrected chi connectivity index (χ0v) is 12.0. The fourth-order valence-corrected chi connectivity index (χ4v) is 2.76. The predicted octanol–water partition coefficient (Wildman–Crippen LogP) is 2.60. The monoisotopic (exact) mass is 274 g/mol. The molecule has 1 heterocycles. The molecule has 1 atom stereocenters. The zero-order chi connectivity index (χ0) is 13.9. The molecule has 2 fully saturated rings. The van der Waals surface area contributed by atoms with Crippen molar-refractivity contribution in [2.75, 3.05) is 26.7 Å². The molecule has 1 N–H and O–H groups in total. The van der Waals surface area contributed by atoms with Crippen LogP contribution in [0.2, 0.25) is 0 Å². The van der Waals surface area contributed by atoms with Gasteiger partial charge in [-0.05, 0) is 42.9 Å². The van der Waals surface area contributed by atoms with Gasteiger partial charge in [0.15, 0.2) is 0 Å². The fraction of sp³-hybridized carbons (Fsp3) is 0.562. The second-order valence-corrected chi connectivity index (χ2v) is 5.83. The molecule has 1 aromatic carbocycles. The van der Waals surface area contributed by atoms with Gasteiger partial charge in [0.2, 0.25) is 0 Å². The second-order valence-electron chi connectivity index (χ2n) is 5.83. The molecule has 0 aromatic heterocycles. The molecule has 108 valence electrons. The first-order chi connectivity index (χ1) is 9.76. The van der Waals surface area contributed by atoms with E-state index in [1.54, 1.807) is 7.11 Å². The van der Waals surface area contributed by atoms with Crippen molar-refractivity contribution in [2.45, 2.75) is 25.2 Å². The fourth-order valence-electron chi connectivity index (χ4n) is 2.76. The molecule has 1 aliphatic heterocycles. The van der Waals surface area contributed by atoms with Crippen LogP contribution in [0.5, 0.6) is 5.75 Å². The van der Waals surface area contributed by atoms with Gasteiger partial charge in [0.05, 0.1) is 7.11 Å². The van der Waals surface area contributed by atoms with E-state index in [2.05, 4.69) is 17.4 Å². The number of urea groups is 1. The summed E-state index contributed by atoms with van der Waals surface area (Å²) in [5.74, 6) is 2.07. The second kappa shape index (κ2) is 5.73. The lowest BCUT2D eigenvalue weighted by Gasteiger charge is -2.17. The van der Waals surface area contributed by atoms with Crippen molar-refractivity contribution in [3.8, 4) is 5.75 Å². The molecule has 1 saturated heterocycles. The maximum absolute atomic E-state index is 12.0. The Morgan fingerprint density at radius 2 is 2.05 bits per heavy atom. The predicted molar refractivity (Wildman–Crippen MR) is 78.0 cm³/mol. The van der Waals surface area contributed by atoms with E-state index in [1.165, 1.54) is 18.4 Å². The molecule has 0 radical (unpaired) electrons. The number of likely N-dealkylation sites (tertiary alicyclic amines) is 1. The Bertz CT molecular complexity index is 468. The third kappa shape index (κ3) is 3.06. The van der Waals surface area contributed by atoms with Crippen molar-refractivity contribution in [1.29, 1.82) is 0 Å². The molecular formula is C16H22N2O2. The molecule has 2 amide bonds. The number of methoxy groups -OCH3 is 1. The van der Waals surface area contributed by atoms with Crippen LogP contribution >= 0.6 is 0 Å². The van der Waals surface area contributed by atoms with E-state index in [1.807, 2.05) is 17.0 Å². The minimum absolute atomic E-state index is 0.105. The molecule has 4 heteroatoms. The van der Waals surface area contributed by atoms with Crippen LogP contribution in [0, 0.1) is 5.92 Å². The summed E-state index contributed by atoms with van der Waals surface area (Å²) in [4.78, 5) is 14.0. The van der Waals surface area contributed by atoms with Gasteiger partial charge in [-0.2, -0.15) is 0 Å². The van der Waals surface area contributed by atoms with Crippen molar-refractivity contribution >= 4 is 6.03 Å². The highest BCUT2D eigenvalue weighted by molar-refractivity contribution is 5.74. The Morgan fingerprint density at radius 1 is 1.30 bits per heavy atom. The summed E-state index contributed by atoms with van der Waals surface area (Å²) < 4.78 is 5.18. The number of amides is 2. The molecule has 3 rings (SSSR count). The first-order valence-corrected chi connectivity index (χ1v) is 7.43. The number of ether oxygens (including phenoxy) is 1. The van der Waals surface area contributed by atoms with Crippen molar-refractivity contribution in [3.05, 3.63) is 29.8 Å². The van der Waals surface area contributed by atoms with Gasteiger partial charge in [-0.3, -0.25) is 0 Å². The summed E-state index contributed by atoms with van der Waals surface area (Å²) in [6, 6.07) is 8.30. The Labute approximate surface area is 120 Å². The SMILES string of the molecule is COc1ccc(C2CCN(C(=O)NCC3CC3)C2)cc1. The van der Waals surface area contributed by atoms with E-state index in [0.29, 0.717) is 5.92 Å². The number of carbonyl (C=O) groups is 1. The molecular weight excluding hydrogens is 252 g/mol. The molecule has 0 bridgehead atoms. The summed E-state index contributed by atoms with van der Waals surface area (Å²) in [6.45, 7) is 2.53. The van der Waals surface area contributed by atoms with Crippen molar-refractivity contribution in [1.82, 2.24) is 10.2 Å². The Kier molecular flexibility index (Phi) is 3.81. The van der Waals surface area contributed by atoms with E-state index in [9.17, 15) is 4.79 Å². The van der Waals surface area contributed by atoms with Gasteiger partial charge < -0.3 is 15.0 Å². The van der Waals surface area contributed by atoms with Crippen LogP contribution in [0.25, 0.3) is 0 Å². The highest BCUT2D eigenvalue weighted by Crippen LogP contribution is 2.29. The molecule has 0 spiro atoms. The summed E-state index contributed by atoms with van der Waals surface area (Å²) in [6.07, 6.45) is 3.59. The quantitative estimate of drug-likeness (QED) is 0.917. The largest absolute Gasteiger partial charge is 0.497 e. The highest BCUT2D eigenvalue weighted by atomic mass is 16.5. The van der Waals surface area contributed by atoms with Crippen LogP contribution in [-0.4, -0.2) is 37.7 Å². The standard InChI is InChI=1S/C16H22N2O2/c1-20-15-6-4-13(5-7-15)14-8-9-18(11-14)16(19)17-10-12-2-3-12/h4-7,12,14H,2-3,8-11H2,1H3,(H,17,19). The van der Waals surface area contributed by atoms with Crippen LogP contribution in [0.4, 0.5) is 4.79 Å². The number of benzene rings is 1. The summed E-state index contributed by atoms with van der Waals surface area (Å²) >= 11 is 0. The molecule has 1 aromatic rings. The Morgan fingerprint density at radius 3 is 2.70 bits per heavy atom. The van der Waals surface area contributed by atoms with Crippen LogP contribution < -0.4 is 10.1 Å². The van der Waals surface area contributed by atoms with E-state index < -0.39 is 0 Å². The number of nitrogens with zero attached hydrogens (tertiary/aromatic N) is 1. The lowest BCUT2D eigenvalue weighted by atomic mass is 9.98. The minimum Gasteiger partial charge on any atom is -0.497 e. The Balaban J connectivity index is 1.53. The number of carbonyl (C=O) groups excluding carboxylic acids is 1. The molecule has 20 heavy (non-hydrogen) atoms. The third-order valence-corrected chi connectivity index (χ3v) is 4.30. The molecule has 2 aliphatic rings. The normalized spacial score (nSPS) is 21.9. The van der Waals surface area contributed by atoms with Crippen molar-refractivity contribution in [3.63, 3.8) is 0 Å². The van der Waals surface area contributed by atoms with E-state index in [-0.39, 0.29) is 6.03 Å². The first kappa shape index (κ1) is 13.3. The van der Waals surface area contributed by atoms with Crippen molar-refractivity contribution < 1.29 is 9.53 Å². The smallest absolute Gasteiger partial charge is 0.317 e.